The van der Waals surface area contributed by atoms with Crippen LogP contribution in [0.25, 0.3) is 0 Å². The van der Waals surface area contributed by atoms with Crippen molar-refractivity contribution in [1.29, 1.82) is 5.26 Å². The number of anilines is 1. The lowest BCUT2D eigenvalue weighted by Gasteiger charge is -2.05. The van der Waals surface area contributed by atoms with Gasteiger partial charge in [-0.15, -0.1) is 0 Å². The van der Waals surface area contributed by atoms with Crippen LogP contribution < -0.4 is 5.43 Å². The Kier molecular flexibility index (Phi) is 3.94. The lowest BCUT2D eigenvalue weighted by Crippen LogP contribution is -1.93. The molecule has 2 aromatic carbocycles. The number of hydrogen-bond acceptors (Lipinski definition) is 3. The molecule has 2 aromatic rings. The summed E-state index contributed by atoms with van der Waals surface area (Å²) in [5, 5.41) is 12.9. The van der Waals surface area contributed by atoms with Crippen molar-refractivity contribution in [2.24, 2.45) is 5.10 Å². The van der Waals surface area contributed by atoms with Crippen LogP contribution in [0.1, 0.15) is 22.3 Å². The zero-order valence-electron chi connectivity index (χ0n) is 11.0. The zero-order valence-corrected chi connectivity index (χ0v) is 11.0. The minimum atomic E-state index is 0.652. The molecule has 3 heteroatoms. The maximum atomic E-state index is 8.71. The lowest BCUT2D eigenvalue weighted by atomic mass is 10.1. The van der Waals surface area contributed by atoms with Gasteiger partial charge in [-0.1, -0.05) is 29.8 Å². The number of aryl methyl sites for hydroxylation is 2. The van der Waals surface area contributed by atoms with Gasteiger partial charge in [0.2, 0.25) is 0 Å². The zero-order chi connectivity index (χ0) is 13.7. The average molecular weight is 249 g/mol. The molecule has 0 radical (unpaired) electrons. The van der Waals surface area contributed by atoms with Crippen molar-refractivity contribution in [1.82, 2.24) is 0 Å². The van der Waals surface area contributed by atoms with E-state index in [2.05, 4.69) is 29.6 Å². The van der Waals surface area contributed by atoms with Gasteiger partial charge in [0.1, 0.15) is 0 Å². The number of benzene rings is 2. The fraction of sp³-hybridized carbons (Fsp3) is 0.125. The Bertz CT molecular complexity index is 634. The summed E-state index contributed by atoms with van der Waals surface area (Å²) in [5.74, 6) is 0. The van der Waals surface area contributed by atoms with Crippen LogP contribution in [-0.2, 0) is 0 Å². The molecule has 0 fully saturated rings. The third kappa shape index (κ3) is 3.43. The Morgan fingerprint density at radius 1 is 1.11 bits per heavy atom. The quantitative estimate of drug-likeness (QED) is 0.667. The van der Waals surface area contributed by atoms with Gasteiger partial charge in [-0.05, 0) is 43.2 Å². The second kappa shape index (κ2) is 5.83. The van der Waals surface area contributed by atoms with Gasteiger partial charge >= 0.3 is 0 Å². The minimum absolute atomic E-state index is 0.652. The van der Waals surface area contributed by atoms with E-state index in [1.807, 2.05) is 31.2 Å². The van der Waals surface area contributed by atoms with Crippen LogP contribution in [0.15, 0.2) is 47.6 Å². The molecular formula is C16H15N3. The van der Waals surface area contributed by atoms with E-state index in [-0.39, 0.29) is 0 Å². The Balaban J connectivity index is 2.05. The highest BCUT2D eigenvalue weighted by atomic mass is 15.3. The molecule has 0 spiro atoms. The van der Waals surface area contributed by atoms with E-state index in [1.165, 1.54) is 5.56 Å². The van der Waals surface area contributed by atoms with Gasteiger partial charge in [-0.2, -0.15) is 10.4 Å². The van der Waals surface area contributed by atoms with Gasteiger partial charge in [-0.3, -0.25) is 5.43 Å². The van der Waals surface area contributed by atoms with Crippen molar-refractivity contribution in [3.63, 3.8) is 0 Å². The van der Waals surface area contributed by atoms with Crippen molar-refractivity contribution in [2.75, 3.05) is 5.43 Å². The van der Waals surface area contributed by atoms with E-state index in [9.17, 15) is 0 Å². The minimum Gasteiger partial charge on any atom is -0.278 e. The van der Waals surface area contributed by atoms with Crippen LogP contribution in [0, 0.1) is 25.2 Å². The Morgan fingerprint density at radius 3 is 2.47 bits per heavy atom. The topological polar surface area (TPSA) is 48.2 Å². The third-order valence-corrected chi connectivity index (χ3v) is 2.82. The maximum absolute atomic E-state index is 8.71. The fourth-order valence-corrected chi connectivity index (χ4v) is 1.76. The summed E-state index contributed by atoms with van der Waals surface area (Å²) < 4.78 is 0. The normalized spacial score (nSPS) is 10.4. The van der Waals surface area contributed by atoms with Crippen LogP contribution in [0.4, 0.5) is 5.69 Å². The molecule has 0 amide bonds. The summed E-state index contributed by atoms with van der Waals surface area (Å²) in [6.07, 6.45) is 1.74. The molecule has 0 heterocycles. The number of nitrogens with zero attached hydrogens (tertiary/aromatic N) is 2. The van der Waals surface area contributed by atoms with Gasteiger partial charge in [0.15, 0.2) is 0 Å². The summed E-state index contributed by atoms with van der Waals surface area (Å²) in [5.41, 5.74) is 8.02. The summed E-state index contributed by atoms with van der Waals surface area (Å²) in [4.78, 5) is 0. The average Bonchev–Trinajstić information content (AvgIpc) is 2.42. The van der Waals surface area contributed by atoms with Crippen molar-refractivity contribution >= 4 is 11.9 Å². The molecule has 0 aliphatic carbocycles. The second-order valence-electron chi connectivity index (χ2n) is 4.42. The largest absolute Gasteiger partial charge is 0.278 e. The molecule has 0 aromatic heterocycles. The summed E-state index contributed by atoms with van der Waals surface area (Å²) in [6, 6.07) is 15.5. The van der Waals surface area contributed by atoms with Crippen LogP contribution in [0.3, 0.4) is 0 Å². The summed E-state index contributed by atoms with van der Waals surface area (Å²) >= 11 is 0. The lowest BCUT2D eigenvalue weighted by molar-refractivity contribution is 1.29. The number of nitrogens with one attached hydrogen (secondary N) is 1. The molecule has 3 nitrogen and oxygen atoms in total. The van der Waals surface area contributed by atoms with Crippen molar-refractivity contribution in [3.05, 3.63) is 64.7 Å². The van der Waals surface area contributed by atoms with E-state index < -0.39 is 0 Å². The Hall–Kier alpha value is -2.60. The van der Waals surface area contributed by atoms with Gasteiger partial charge < -0.3 is 0 Å². The van der Waals surface area contributed by atoms with Crippen LogP contribution in [0.2, 0.25) is 0 Å². The highest BCUT2D eigenvalue weighted by Crippen LogP contribution is 2.15. The molecule has 0 saturated heterocycles. The molecule has 0 atom stereocenters. The standard InChI is InChI=1S/C16H15N3/c1-12-3-8-16(13(2)9-12)19-18-11-15-6-4-14(10-17)5-7-15/h3-9,11,19H,1-2H3. The third-order valence-electron chi connectivity index (χ3n) is 2.82. The maximum Gasteiger partial charge on any atom is 0.0991 e. The Labute approximate surface area is 113 Å². The van der Waals surface area contributed by atoms with E-state index >= 15 is 0 Å². The number of hydrogen-bond donors (Lipinski definition) is 1. The second-order valence-corrected chi connectivity index (χ2v) is 4.42. The molecule has 0 bridgehead atoms. The van der Waals surface area contributed by atoms with Crippen molar-refractivity contribution in [2.45, 2.75) is 13.8 Å². The molecule has 0 aliphatic heterocycles. The molecule has 94 valence electrons. The fourth-order valence-electron chi connectivity index (χ4n) is 1.76. The molecule has 19 heavy (non-hydrogen) atoms. The van der Waals surface area contributed by atoms with Crippen LogP contribution in [-0.4, -0.2) is 6.21 Å². The van der Waals surface area contributed by atoms with Crippen molar-refractivity contribution in [3.8, 4) is 6.07 Å². The van der Waals surface area contributed by atoms with Gasteiger partial charge in [0.25, 0.3) is 0 Å². The SMILES string of the molecule is Cc1ccc(NN=Cc2ccc(C#N)cc2)c(C)c1. The van der Waals surface area contributed by atoms with E-state index in [4.69, 9.17) is 5.26 Å². The van der Waals surface area contributed by atoms with Crippen LogP contribution in [0.5, 0.6) is 0 Å². The molecule has 0 saturated carbocycles. The first kappa shape index (κ1) is 12.8. The van der Waals surface area contributed by atoms with Gasteiger partial charge in [0.05, 0.1) is 23.5 Å². The van der Waals surface area contributed by atoms with Crippen molar-refractivity contribution < 1.29 is 0 Å². The number of rotatable bonds is 3. The molecular weight excluding hydrogens is 234 g/mol. The smallest absolute Gasteiger partial charge is 0.0991 e. The van der Waals surface area contributed by atoms with E-state index in [0.29, 0.717) is 5.56 Å². The number of hydrazone groups is 1. The predicted octanol–water partition coefficient (Wildman–Crippen LogP) is 3.62. The first-order chi connectivity index (χ1) is 9.19. The highest BCUT2D eigenvalue weighted by Gasteiger charge is 1.96. The van der Waals surface area contributed by atoms with E-state index in [0.717, 1.165) is 16.8 Å². The first-order valence-corrected chi connectivity index (χ1v) is 6.05. The molecule has 0 unspecified atom stereocenters. The van der Waals surface area contributed by atoms with Crippen LogP contribution >= 0.6 is 0 Å². The van der Waals surface area contributed by atoms with Gasteiger partial charge in [0, 0.05) is 0 Å². The molecule has 0 aliphatic rings. The predicted molar refractivity (Wildman–Crippen MR) is 78.3 cm³/mol. The molecule has 2 rings (SSSR count). The van der Waals surface area contributed by atoms with E-state index in [1.54, 1.807) is 18.3 Å². The summed E-state index contributed by atoms with van der Waals surface area (Å²) in [6.45, 7) is 4.11. The first-order valence-electron chi connectivity index (χ1n) is 6.05. The monoisotopic (exact) mass is 249 g/mol. The number of nitriles is 1. The summed E-state index contributed by atoms with van der Waals surface area (Å²) in [7, 11) is 0. The highest BCUT2D eigenvalue weighted by molar-refractivity contribution is 5.80. The molecule has 1 N–H and O–H groups in total. The Morgan fingerprint density at radius 2 is 1.84 bits per heavy atom. The van der Waals surface area contributed by atoms with Gasteiger partial charge in [-0.25, -0.2) is 0 Å².